The van der Waals surface area contributed by atoms with Crippen molar-refractivity contribution in [1.82, 2.24) is 102 Å². The standard InChI is InChI=1S/2C16H18N6O2.C16H20N6O.C15H16N6O.C14H17N5OS/c23-15(5-6-17-14-8-12(19-21-14)9-1-2-9)18-10-3-4-11-13(7-10)20-22-16(11)24;23-15(18-14-8-12(19-21-14)9-1-2-9)5-6-17-10-3-4-11-13(7-10)20-22-16(11)24;23-16-12-5-4-11(8-14(12)20-22-16)17-6-1-7-18-15-9-13(19-21-15)10-2-3-10;22-14-12-8-10(2-4-13(12)19-20-14)9-1-3-11(7-9)18-15-16-5-6-17-21-15;1-9-8-17-14(21-9)16-6-2-5-15-10-3-4-11-12(7-10)18-19-13(11)20/h3-4,7-9H,1-2,5-6H2,(H,18,23)(H2,17,19,21)(H2,20,22,24);3-4,7-9,17H,1-2,5-6H2,(H2,20,22,24)(H2,18,19,21,23);4-5,8-10,17H,1-3,6-7H2,(H2,18,19,21)(H2,20,22,23);2,4-6,8-9,11H,1,3,7H2,(H,16,18,21)(H2,19,20,22);3-4,7-8,15H,2,5-6H2,1H3,(H,16,17)(H2,18,19,20). The van der Waals surface area contributed by atoms with Crippen molar-refractivity contribution >= 4 is 129 Å². The molecule has 2 unspecified atom stereocenters. The number of aryl methyl sites for hydroxylation is 1. The van der Waals surface area contributed by atoms with Crippen LogP contribution in [0.5, 0.6) is 0 Å². The molecular weight excluding hydrogens is 1480 g/mol. The van der Waals surface area contributed by atoms with E-state index < -0.39 is 0 Å². The maximum atomic E-state index is 12.0. The number of carbonyl (C=O) groups excluding carboxylic acids is 2. The van der Waals surface area contributed by atoms with Gasteiger partial charge in [0.2, 0.25) is 17.8 Å². The largest absolute Gasteiger partial charge is 0.385 e. The summed E-state index contributed by atoms with van der Waals surface area (Å²) in [5.74, 6) is 5.03. The molecule has 22 N–H and O–H groups in total. The van der Waals surface area contributed by atoms with E-state index >= 15 is 0 Å². The summed E-state index contributed by atoms with van der Waals surface area (Å²) in [6.45, 7) is 6.50. The number of benzene rings is 5. The first kappa shape index (κ1) is 75.7. The van der Waals surface area contributed by atoms with Crippen molar-refractivity contribution in [2.45, 2.75) is 120 Å². The number of thiazole rings is 1. The lowest BCUT2D eigenvalue weighted by Crippen LogP contribution is -2.17. The van der Waals surface area contributed by atoms with E-state index in [1.165, 1.54) is 54.7 Å². The minimum absolute atomic E-state index is 0.0618. The highest BCUT2D eigenvalue weighted by Crippen LogP contribution is 2.42. The number of aromatic amines is 13. The molecule has 114 heavy (non-hydrogen) atoms. The van der Waals surface area contributed by atoms with E-state index in [0.717, 1.165) is 131 Å². The fourth-order valence-electron chi connectivity index (χ4n) is 13.4. The number of hydrogen-bond donors (Lipinski definition) is 22. The molecule has 10 aromatic heterocycles. The summed E-state index contributed by atoms with van der Waals surface area (Å²) in [6.07, 6.45) is 18.2. The lowest BCUT2D eigenvalue weighted by molar-refractivity contribution is -0.116. The van der Waals surface area contributed by atoms with Gasteiger partial charge >= 0.3 is 0 Å². The molecule has 0 radical (unpaired) electrons. The van der Waals surface area contributed by atoms with Crippen molar-refractivity contribution in [3.05, 3.63) is 207 Å². The van der Waals surface area contributed by atoms with E-state index in [1.54, 1.807) is 48.0 Å². The zero-order valence-corrected chi connectivity index (χ0v) is 63.2. The fraction of sp³-hybridized carbons (Fsp3) is 0.325. The van der Waals surface area contributed by atoms with E-state index in [2.05, 4.69) is 162 Å². The Morgan fingerprint density at radius 3 is 1.36 bits per heavy atom. The van der Waals surface area contributed by atoms with Crippen LogP contribution in [0.1, 0.15) is 135 Å². The summed E-state index contributed by atoms with van der Waals surface area (Å²) < 4.78 is 0. The Labute approximate surface area is 651 Å². The van der Waals surface area contributed by atoms with Crippen molar-refractivity contribution in [3.63, 3.8) is 0 Å². The van der Waals surface area contributed by atoms with Gasteiger partial charge in [-0.25, -0.2) is 9.97 Å². The molecule has 4 fully saturated rings. The summed E-state index contributed by atoms with van der Waals surface area (Å²) in [5, 5.41) is 89.3. The second kappa shape index (κ2) is 35.5. The summed E-state index contributed by atoms with van der Waals surface area (Å²) >= 11 is 1.67. The van der Waals surface area contributed by atoms with Gasteiger partial charge in [-0.2, -0.15) is 20.4 Å². The van der Waals surface area contributed by atoms with E-state index in [-0.39, 0.29) is 39.6 Å². The topological polar surface area (TPSA) is 523 Å². The summed E-state index contributed by atoms with van der Waals surface area (Å²) in [7, 11) is 0. The Kier molecular flexibility index (Phi) is 23.6. The Hall–Kier alpha value is -13.7. The molecule has 15 aromatic rings. The van der Waals surface area contributed by atoms with Crippen LogP contribution < -0.4 is 75.6 Å². The van der Waals surface area contributed by atoms with Gasteiger partial charge in [0, 0.05) is 145 Å². The monoisotopic (exact) mass is 1560 g/mol. The molecule has 5 aromatic carbocycles. The number of rotatable bonds is 28. The average Bonchev–Trinajstić information content (AvgIpc) is 1.71. The van der Waals surface area contributed by atoms with Gasteiger partial charge < -0.3 is 47.9 Å². The molecule has 0 aliphatic heterocycles. The third-order valence-corrected chi connectivity index (χ3v) is 20.8. The van der Waals surface area contributed by atoms with Crippen LogP contribution in [0.3, 0.4) is 0 Å². The number of anilines is 9. The third-order valence-electron chi connectivity index (χ3n) is 19.9. The molecule has 4 saturated carbocycles. The Balaban J connectivity index is 0.000000112. The highest BCUT2D eigenvalue weighted by atomic mass is 32.1. The molecule has 37 heteroatoms. The van der Waals surface area contributed by atoms with Crippen LogP contribution in [0, 0.1) is 6.92 Å². The molecule has 36 nitrogen and oxygen atoms in total. The molecule has 2 amide bonds. The first-order valence-corrected chi connectivity index (χ1v) is 39.0. The summed E-state index contributed by atoms with van der Waals surface area (Å²) in [5.41, 5.74) is 11.6. The fourth-order valence-corrected chi connectivity index (χ4v) is 14.1. The number of nitrogens with one attached hydrogen (secondary N) is 22. The van der Waals surface area contributed by atoms with E-state index in [9.17, 15) is 33.6 Å². The Morgan fingerprint density at radius 2 is 0.851 bits per heavy atom. The number of carbonyl (C=O) groups is 2. The quantitative estimate of drug-likeness (QED) is 0.0203. The summed E-state index contributed by atoms with van der Waals surface area (Å²) in [6, 6.07) is 34.3. The van der Waals surface area contributed by atoms with Gasteiger partial charge in [-0.1, -0.05) is 6.07 Å². The molecule has 0 bridgehead atoms. The molecule has 19 rings (SSSR count). The zero-order chi connectivity index (χ0) is 78.3. The van der Waals surface area contributed by atoms with Crippen molar-refractivity contribution in [1.29, 1.82) is 0 Å². The lowest BCUT2D eigenvalue weighted by Gasteiger charge is -2.13. The predicted molar refractivity (Wildman–Crippen MR) is 444 cm³/mol. The van der Waals surface area contributed by atoms with E-state index in [0.29, 0.717) is 100 Å². The van der Waals surface area contributed by atoms with Crippen LogP contribution in [0.15, 0.2) is 152 Å². The highest BCUT2D eigenvalue weighted by Gasteiger charge is 2.29. The first-order chi connectivity index (χ1) is 55.7. The van der Waals surface area contributed by atoms with Gasteiger partial charge in [0.1, 0.15) is 11.6 Å². The van der Waals surface area contributed by atoms with Gasteiger partial charge in [0.15, 0.2) is 10.9 Å². The maximum absolute atomic E-state index is 12.0. The van der Waals surface area contributed by atoms with Crippen LogP contribution in [-0.4, -0.2) is 159 Å². The first-order valence-electron chi connectivity index (χ1n) is 38.2. The number of hydrogen-bond acceptors (Lipinski definition) is 22. The van der Waals surface area contributed by atoms with Crippen molar-refractivity contribution in [2.75, 3.05) is 87.1 Å². The Morgan fingerprint density at radius 1 is 0.412 bits per heavy atom. The average molecular weight is 1560 g/mol. The minimum Gasteiger partial charge on any atom is -0.385 e. The number of nitrogens with zero attached hydrogens (tertiary/aromatic N) is 7. The van der Waals surface area contributed by atoms with Gasteiger partial charge in [0.25, 0.3) is 27.8 Å². The smallest absolute Gasteiger partial charge is 0.271 e. The van der Waals surface area contributed by atoms with Crippen LogP contribution >= 0.6 is 11.3 Å². The zero-order valence-electron chi connectivity index (χ0n) is 62.3. The SMILES string of the molecule is Cc1cnc(NCCCNc2ccc3c(=O)[nH][nH]c3c2)s1.O=C(CCNc1cc(C2CC2)[nH]n1)Nc1ccc2c(=O)[nH][nH]c2c1.O=C(CCNc1ccc2c(=O)[nH][nH]c2c1)Nc1cc(C2CC2)[nH]n1.O=c1[nH][nH]c2cc(NCCCNc3cc(C4CC4)[nH]n3)ccc12.O=c1[nH][nH]c2ccc(C3CCC(Nc4nccnn4)C3)cc12. The van der Waals surface area contributed by atoms with Gasteiger partial charge in [-0.15, -0.1) is 16.4 Å². The predicted octanol–water partition coefficient (Wildman–Crippen LogP) is 10.5. The minimum atomic E-state index is -0.170. The highest BCUT2D eigenvalue weighted by molar-refractivity contribution is 7.15. The molecular formula is C77H89N29O7S. The second-order valence-corrected chi connectivity index (χ2v) is 29.9. The van der Waals surface area contributed by atoms with E-state index in [4.69, 9.17) is 0 Å². The molecule has 0 saturated heterocycles. The third kappa shape index (κ3) is 20.2. The second-order valence-electron chi connectivity index (χ2n) is 28.6. The van der Waals surface area contributed by atoms with E-state index in [1.807, 2.05) is 85.9 Å². The molecule has 2 atom stereocenters. The normalized spacial score (nSPS) is 14.9. The molecule has 4 aliphatic rings. The molecule has 4 aliphatic carbocycles. The van der Waals surface area contributed by atoms with Gasteiger partial charge in [-0.05, 0) is 174 Å². The van der Waals surface area contributed by atoms with Gasteiger partial charge in [-0.3, -0.25) is 99.8 Å². The van der Waals surface area contributed by atoms with Crippen LogP contribution in [0.4, 0.5) is 51.3 Å². The molecule has 0 spiro atoms. The number of amides is 2. The van der Waals surface area contributed by atoms with Crippen molar-refractivity contribution in [2.24, 2.45) is 0 Å². The van der Waals surface area contributed by atoms with Gasteiger partial charge in [0.05, 0.1) is 66.9 Å². The van der Waals surface area contributed by atoms with Crippen LogP contribution in [0.25, 0.3) is 54.5 Å². The number of fused-ring (bicyclic) bond motifs is 5. The Bertz CT molecular complexity index is 6050. The molecule has 10 heterocycles. The maximum Gasteiger partial charge on any atom is 0.271 e. The van der Waals surface area contributed by atoms with Crippen molar-refractivity contribution < 1.29 is 9.59 Å². The van der Waals surface area contributed by atoms with Crippen LogP contribution in [0.2, 0.25) is 0 Å². The molecule has 590 valence electrons. The summed E-state index contributed by atoms with van der Waals surface area (Å²) in [4.78, 5) is 91.1. The van der Waals surface area contributed by atoms with Crippen LogP contribution in [-0.2, 0) is 9.59 Å². The lowest BCUT2D eigenvalue weighted by atomic mass is 9.96. The number of aromatic nitrogens is 20. The van der Waals surface area contributed by atoms with Crippen molar-refractivity contribution in [3.8, 4) is 0 Å². The number of H-pyrrole nitrogens is 13.